The third kappa shape index (κ3) is 3.09. The number of H-pyrrole nitrogens is 2. The number of para-hydroxylation sites is 2. The summed E-state index contributed by atoms with van der Waals surface area (Å²) >= 11 is 0. The van der Waals surface area contributed by atoms with Gasteiger partial charge in [-0.1, -0.05) is 36.4 Å². The van der Waals surface area contributed by atoms with E-state index in [9.17, 15) is 4.79 Å². The SMILES string of the molecule is O=C(CCc1c[nH]c2ccccc12)N1CCC(c2c[nH]c3ccccc23)CC1. The lowest BCUT2D eigenvalue weighted by atomic mass is 9.89. The first kappa shape index (κ1) is 17.1. The fourth-order valence-electron chi connectivity index (χ4n) is 4.61. The van der Waals surface area contributed by atoms with Crippen molar-refractivity contribution in [2.45, 2.75) is 31.6 Å². The van der Waals surface area contributed by atoms with Crippen molar-refractivity contribution in [2.75, 3.05) is 13.1 Å². The van der Waals surface area contributed by atoms with Gasteiger partial charge < -0.3 is 14.9 Å². The van der Waals surface area contributed by atoms with E-state index in [1.165, 1.54) is 27.4 Å². The fourth-order valence-corrected chi connectivity index (χ4v) is 4.61. The number of aryl methyl sites for hydroxylation is 1. The van der Waals surface area contributed by atoms with Gasteiger partial charge in [0.1, 0.15) is 0 Å². The van der Waals surface area contributed by atoms with Gasteiger partial charge in [0.25, 0.3) is 0 Å². The predicted molar refractivity (Wildman–Crippen MR) is 113 cm³/mol. The second kappa shape index (κ2) is 7.19. The zero-order valence-corrected chi connectivity index (χ0v) is 15.9. The smallest absolute Gasteiger partial charge is 0.222 e. The van der Waals surface area contributed by atoms with E-state index in [0.29, 0.717) is 12.3 Å². The van der Waals surface area contributed by atoms with E-state index in [2.05, 4.69) is 63.5 Å². The molecule has 5 rings (SSSR count). The molecule has 1 aliphatic rings. The Hall–Kier alpha value is -3.01. The van der Waals surface area contributed by atoms with Crippen LogP contribution in [0.3, 0.4) is 0 Å². The highest BCUT2D eigenvalue weighted by molar-refractivity contribution is 5.85. The van der Waals surface area contributed by atoms with E-state index in [4.69, 9.17) is 0 Å². The zero-order chi connectivity index (χ0) is 18.9. The third-order valence-corrected chi connectivity index (χ3v) is 6.19. The number of likely N-dealkylation sites (tertiary alicyclic amines) is 1. The summed E-state index contributed by atoms with van der Waals surface area (Å²) in [5.41, 5.74) is 4.98. The molecular weight excluding hydrogens is 346 g/mol. The van der Waals surface area contributed by atoms with E-state index in [0.717, 1.165) is 37.9 Å². The number of nitrogens with zero attached hydrogens (tertiary/aromatic N) is 1. The Balaban J connectivity index is 1.20. The molecule has 2 N–H and O–H groups in total. The molecule has 0 saturated carbocycles. The average molecular weight is 371 g/mol. The first-order valence-corrected chi connectivity index (χ1v) is 10.2. The van der Waals surface area contributed by atoms with Crippen molar-refractivity contribution in [3.05, 3.63) is 72.1 Å². The van der Waals surface area contributed by atoms with Crippen LogP contribution in [0.25, 0.3) is 21.8 Å². The molecule has 1 fully saturated rings. The first-order chi connectivity index (χ1) is 13.8. The van der Waals surface area contributed by atoms with Crippen molar-refractivity contribution in [3.8, 4) is 0 Å². The first-order valence-electron chi connectivity index (χ1n) is 10.2. The minimum absolute atomic E-state index is 0.280. The molecule has 142 valence electrons. The summed E-state index contributed by atoms with van der Waals surface area (Å²) in [6, 6.07) is 16.8. The second-order valence-corrected chi connectivity index (χ2v) is 7.80. The number of aromatic amines is 2. The van der Waals surface area contributed by atoms with Crippen LogP contribution in [0.2, 0.25) is 0 Å². The Morgan fingerprint density at radius 2 is 1.54 bits per heavy atom. The summed E-state index contributed by atoms with van der Waals surface area (Å²) in [6.45, 7) is 1.72. The molecule has 4 aromatic rings. The maximum Gasteiger partial charge on any atom is 0.222 e. The Kier molecular flexibility index (Phi) is 4.40. The van der Waals surface area contributed by atoms with Crippen LogP contribution in [0.5, 0.6) is 0 Å². The maximum absolute atomic E-state index is 12.7. The molecule has 0 aliphatic carbocycles. The largest absolute Gasteiger partial charge is 0.361 e. The van der Waals surface area contributed by atoms with E-state index in [1.807, 2.05) is 12.3 Å². The topological polar surface area (TPSA) is 51.9 Å². The summed E-state index contributed by atoms with van der Waals surface area (Å²) in [7, 11) is 0. The lowest BCUT2D eigenvalue weighted by Crippen LogP contribution is -2.38. The van der Waals surface area contributed by atoms with Crippen LogP contribution in [-0.4, -0.2) is 33.9 Å². The quantitative estimate of drug-likeness (QED) is 0.522. The number of carbonyl (C=O) groups is 1. The van der Waals surface area contributed by atoms with Crippen molar-refractivity contribution in [1.82, 2.24) is 14.9 Å². The molecule has 2 aromatic carbocycles. The Bertz CT molecular complexity index is 1120. The third-order valence-electron chi connectivity index (χ3n) is 6.19. The standard InChI is InChI=1S/C24H25N3O/c28-24(10-9-18-15-25-22-7-3-1-5-19(18)22)27-13-11-17(12-14-27)21-16-26-23-8-4-2-6-20(21)23/h1-8,15-17,25-26H,9-14H2. The van der Waals surface area contributed by atoms with Crippen LogP contribution >= 0.6 is 0 Å². The van der Waals surface area contributed by atoms with Gasteiger partial charge in [-0.15, -0.1) is 0 Å². The molecule has 4 nitrogen and oxygen atoms in total. The highest BCUT2D eigenvalue weighted by atomic mass is 16.2. The number of aromatic nitrogens is 2. The van der Waals surface area contributed by atoms with Crippen LogP contribution in [0, 0.1) is 0 Å². The zero-order valence-electron chi connectivity index (χ0n) is 15.9. The number of amides is 1. The molecule has 0 bridgehead atoms. The van der Waals surface area contributed by atoms with Gasteiger partial charge in [-0.05, 0) is 48.4 Å². The summed E-state index contributed by atoms with van der Waals surface area (Å²) in [5.74, 6) is 0.816. The predicted octanol–water partition coefficient (Wildman–Crippen LogP) is 4.99. The number of fused-ring (bicyclic) bond motifs is 2. The van der Waals surface area contributed by atoms with Gasteiger partial charge in [0.05, 0.1) is 0 Å². The summed E-state index contributed by atoms with van der Waals surface area (Å²) in [4.78, 5) is 21.5. The molecule has 0 spiro atoms. The number of hydrogen-bond donors (Lipinski definition) is 2. The van der Waals surface area contributed by atoms with Gasteiger partial charge in [-0.3, -0.25) is 4.79 Å². The van der Waals surface area contributed by atoms with Gasteiger partial charge in [0.15, 0.2) is 0 Å². The van der Waals surface area contributed by atoms with E-state index in [-0.39, 0.29) is 5.91 Å². The maximum atomic E-state index is 12.7. The van der Waals surface area contributed by atoms with Crippen molar-refractivity contribution < 1.29 is 4.79 Å². The van der Waals surface area contributed by atoms with Crippen LogP contribution in [0.4, 0.5) is 0 Å². The minimum atomic E-state index is 0.280. The molecule has 0 unspecified atom stereocenters. The second-order valence-electron chi connectivity index (χ2n) is 7.80. The molecule has 0 atom stereocenters. The molecular formula is C24H25N3O. The molecule has 2 aromatic heterocycles. The Labute approximate surface area is 164 Å². The van der Waals surface area contributed by atoms with E-state index >= 15 is 0 Å². The lowest BCUT2D eigenvalue weighted by Gasteiger charge is -2.32. The Morgan fingerprint density at radius 3 is 2.32 bits per heavy atom. The lowest BCUT2D eigenvalue weighted by molar-refractivity contribution is -0.132. The number of carbonyl (C=O) groups excluding carboxylic acids is 1. The van der Waals surface area contributed by atoms with Crippen LogP contribution in [-0.2, 0) is 11.2 Å². The van der Waals surface area contributed by atoms with Crippen LogP contribution in [0.1, 0.15) is 36.3 Å². The van der Waals surface area contributed by atoms with Crippen molar-refractivity contribution in [1.29, 1.82) is 0 Å². The Morgan fingerprint density at radius 1 is 0.893 bits per heavy atom. The van der Waals surface area contributed by atoms with Gasteiger partial charge in [0.2, 0.25) is 5.91 Å². The van der Waals surface area contributed by atoms with Gasteiger partial charge >= 0.3 is 0 Å². The van der Waals surface area contributed by atoms with Crippen LogP contribution in [0.15, 0.2) is 60.9 Å². The molecule has 0 radical (unpaired) electrons. The molecule has 28 heavy (non-hydrogen) atoms. The highest BCUT2D eigenvalue weighted by Gasteiger charge is 2.25. The molecule has 1 saturated heterocycles. The molecule has 4 heteroatoms. The van der Waals surface area contributed by atoms with Crippen molar-refractivity contribution in [3.63, 3.8) is 0 Å². The number of hydrogen-bond acceptors (Lipinski definition) is 1. The summed E-state index contributed by atoms with van der Waals surface area (Å²) in [5, 5.41) is 2.56. The van der Waals surface area contributed by atoms with Crippen molar-refractivity contribution in [2.24, 2.45) is 0 Å². The van der Waals surface area contributed by atoms with Gasteiger partial charge in [-0.2, -0.15) is 0 Å². The molecule has 3 heterocycles. The van der Waals surface area contributed by atoms with Gasteiger partial charge in [-0.25, -0.2) is 0 Å². The minimum Gasteiger partial charge on any atom is -0.361 e. The summed E-state index contributed by atoms with van der Waals surface area (Å²) in [6.07, 6.45) is 7.66. The van der Waals surface area contributed by atoms with E-state index in [1.54, 1.807) is 0 Å². The van der Waals surface area contributed by atoms with Gasteiger partial charge in [0, 0.05) is 53.7 Å². The normalized spacial score (nSPS) is 15.5. The number of nitrogens with one attached hydrogen (secondary N) is 2. The fraction of sp³-hybridized carbons (Fsp3) is 0.292. The number of piperidine rings is 1. The van der Waals surface area contributed by atoms with Crippen molar-refractivity contribution >= 4 is 27.7 Å². The number of benzene rings is 2. The average Bonchev–Trinajstić information content (AvgIpc) is 3.36. The monoisotopic (exact) mass is 371 g/mol. The number of rotatable bonds is 4. The molecule has 1 amide bonds. The van der Waals surface area contributed by atoms with E-state index < -0.39 is 0 Å². The summed E-state index contributed by atoms with van der Waals surface area (Å²) < 4.78 is 0. The van der Waals surface area contributed by atoms with Crippen LogP contribution < -0.4 is 0 Å². The molecule has 1 aliphatic heterocycles. The highest BCUT2D eigenvalue weighted by Crippen LogP contribution is 2.33.